The first kappa shape index (κ1) is 15.5. The van der Waals surface area contributed by atoms with E-state index in [0.717, 1.165) is 19.5 Å². The van der Waals surface area contributed by atoms with Crippen molar-refractivity contribution in [1.29, 1.82) is 0 Å². The van der Waals surface area contributed by atoms with Crippen LogP contribution in [0.2, 0.25) is 0 Å². The first-order valence-corrected chi connectivity index (χ1v) is 9.59. The van der Waals surface area contributed by atoms with Crippen molar-refractivity contribution in [2.24, 2.45) is 0 Å². The average Bonchev–Trinajstić information content (AvgIpc) is 2.72. The summed E-state index contributed by atoms with van der Waals surface area (Å²) in [5, 5.41) is 2.94. The van der Waals surface area contributed by atoms with E-state index in [4.69, 9.17) is 0 Å². The van der Waals surface area contributed by atoms with Crippen LogP contribution in [0.4, 0.5) is 0 Å². The average molecular weight is 323 g/mol. The van der Waals surface area contributed by atoms with Gasteiger partial charge in [-0.05, 0) is 18.9 Å². The van der Waals surface area contributed by atoms with Gasteiger partial charge in [-0.3, -0.25) is 4.79 Å². The number of carbonyl (C=O) groups excluding carboxylic acids is 1. The number of hydrogen-bond donors (Lipinski definition) is 2. The van der Waals surface area contributed by atoms with Crippen LogP contribution in [0.1, 0.15) is 24.5 Å². The van der Waals surface area contributed by atoms with E-state index in [0.29, 0.717) is 13.0 Å². The maximum absolute atomic E-state index is 12.3. The van der Waals surface area contributed by atoms with E-state index < -0.39 is 15.4 Å². The molecular weight excluding hydrogens is 300 g/mol. The van der Waals surface area contributed by atoms with Crippen LogP contribution in [0.15, 0.2) is 24.3 Å². The van der Waals surface area contributed by atoms with Gasteiger partial charge in [-0.2, -0.15) is 0 Å². The lowest BCUT2D eigenvalue weighted by Gasteiger charge is -2.28. The molecule has 2 aliphatic heterocycles. The standard InChI is InChI=1S/C16H22N2O3S/c1-16(7-9-22(20,21)12-16)17-15(19)11-18-8-6-13-4-2-3-5-14(13)10-18/h2-5H,6-12H2,1H3,(H,17,19)/p+1/t16-/m1/s1. The van der Waals surface area contributed by atoms with Gasteiger partial charge in [0, 0.05) is 12.0 Å². The van der Waals surface area contributed by atoms with E-state index in [2.05, 4.69) is 23.5 Å². The predicted molar refractivity (Wildman–Crippen MR) is 84.4 cm³/mol. The second-order valence-electron chi connectivity index (χ2n) is 6.82. The van der Waals surface area contributed by atoms with Gasteiger partial charge in [0.2, 0.25) is 0 Å². The molecule has 2 N–H and O–H groups in total. The number of benzene rings is 1. The Labute approximate surface area is 131 Å². The number of sulfone groups is 1. The Morgan fingerprint density at radius 2 is 2.05 bits per heavy atom. The molecule has 1 amide bonds. The topological polar surface area (TPSA) is 67.7 Å². The summed E-state index contributed by atoms with van der Waals surface area (Å²) in [5.74, 6) is 0.187. The van der Waals surface area contributed by atoms with Crippen molar-refractivity contribution in [2.75, 3.05) is 24.6 Å². The summed E-state index contributed by atoms with van der Waals surface area (Å²) >= 11 is 0. The van der Waals surface area contributed by atoms with E-state index in [9.17, 15) is 13.2 Å². The fourth-order valence-electron chi connectivity index (χ4n) is 3.51. The summed E-state index contributed by atoms with van der Waals surface area (Å²) in [6, 6.07) is 8.36. The summed E-state index contributed by atoms with van der Waals surface area (Å²) in [5.41, 5.74) is 2.09. The lowest BCUT2D eigenvalue weighted by molar-refractivity contribution is -0.908. The van der Waals surface area contributed by atoms with Gasteiger partial charge in [0.05, 0.1) is 23.6 Å². The van der Waals surface area contributed by atoms with Crippen molar-refractivity contribution < 1.29 is 18.1 Å². The van der Waals surface area contributed by atoms with Crippen molar-refractivity contribution in [3.8, 4) is 0 Å². The summed E-state index contributed by atoms with van der Waals surface area (Å²) in [6.07, 6.45) is 1.50. The molecule has 5 nitrogen and oxygen atoms in total. The second kappa shape index (κ2) is 5.66. The molecule has 1 saturated heterocycles. The van der Waals surface area contributed by atoms with Crippen molar-refractivity contribution in [1.82, 2.24) is 5.32 Å². The molecule has 1 unspecified atom stereocenters. The normalized spacial score (nSPS) is 29.8. The maximum Gasteiger partial charge on any atom is 0.275 e. The number of nitrogens with one attached hydrogen (secondary N) is 2. The van der Waals surface area contributed by atoms with Crippen molar-refractivity contribution in [3.63, 3.8) is 0 Å². The molecule has 1 fully saturated rings. The van der Waals surface area contributed by atoms with Gasteiger partial charge in [-0.25, -0.2) is 8.42 Å². The Morgan fingerprint density at radius 3 is 2.73 bits per heavy atom. The quantitative estimate of drug-likeness (QED) is 0.775. The third-order valence-corrected chi connectivity index (χ3v) is 6.56. The summed E-state index contributed by atoms with van der Waals surface area (Å²) in [4.78, 5) is 13.5. The van der Waals surface area contributed by atoms with Crippen molar-refractivity contribution >= 4 is 15.7 Å². The summed E-state index contributed by atoms with van der Waals surface area (Å²) < 4.78 is 23.2. The van der Waals surface area contributed by atoms with Crippen LogP contribution in [0, 0.1) is 0 Å². The Hall–Kier alpha value is -1.40. The Morgan fingerprint density at radius 1 is 1.32 bits per heavy atom. The van der Waals surface area contributed by atoms with Crippen molar-refractivity contribution in [3.05, 3.63) is 35.4 Å². The van der Waals surface area contributed by atoms with Crippen molar-refractivity contribution in [2.45, 2.75) is 31.8 Å². The number of fused-ring (bicyclic) bond motifs is 1. The van der Waals surface area contributed by atoms with Gasteiger partial charge in [-0.15, -0.1) is 0 Å². The van der Waals surface area contributed by atoms with E-state index in [1.807, 2.05) is 13.0 Å². The molecule has 120 valence electrons. The van der Waals surface area contributed by atoms with Crippen LogP contribution >= 0.6 is 0 Å². The van der Waals surface area contributed by atoms with E-state index in [-0.39, 0.29) is 17.4 Å². The highest BCUT2D eigenvalue weighted by atomic mass is 32.2. The molecule has 1 aromatic carbocycles. The molecule has 3 rings (SSSR count). The Bertz CT molecular complexity index is 686. The van der Waals surface area contributed by atoms with Gasteiger partial charge in [0.15, 0.2) is 16.4 Å². The fraction of sp³-hybridized carbons (Fsp3) is 0.562. The number of carbonyl (C=O) groups is 1. The van der Waals surface area contributed by atoms with Crippen LogP contribution < -0.4 is 10.2 Å². The zero-order valence-corrected chi connectivity index (χ0v) is 13.7. The molecule has 2 heterocycles. The van der Waals surface area contributed by atoms with Crippen LogP contribution in [0.5, 0.6) is 0 Å². The first-order chi connectivity index (χ1) is 10.4. The zero-order valence-electron chi connectivity index (χ0n) is 12.9. The lowest BCUT2D eigenvalue weighted by atomic mass is 9.99. The highest BCUT2D eigenvalue weighted by molar-refractivity contribution is 7.91. The van der Waals surface area contributed by atoms with Crippen LogP contribution in [-0.4, -0.2) is 44.5 Å². The smallest absolute Gasteiger partial charge is 0.275 e. The molecule has 0 aromatic heterocycles. The second-order valence-corrected chi connectivity index (χ2v) is 9.01. The maximum atomic E-state index is 12.3. The number of quaternary nitrogens is 1. The monoisotopic (exact) mass is 323 g/mol. The molecule has 0 aliphatic carbocycles. The highest BCUT2D eigenvalue weighted by Crippen LogP contribution is 2.22. The van der Waals surface area contributed by atoms with Crippen LogP contribution in [0.25, 0.3) is 0 Å². The minimum atomic E-state index is -2.99. The molecule has 0 saturated carbocycles. The van der Waals surface area contributed by atoms with Crippen LogP contribution in [0.3, 0.4) is 0 Å². The zero-order chi connectivity index (χ0) is 15.8. The summed E-state index contributed by atoms with van der Waals surface area (Å²) in [6.45, 7) is 4.04. The molecule has 6 heteroatoms. The number of amides is 1. The predicted octanol–water partition coefficient (Wildman–Crippen LogP) is -0.679. The number of rotatable bonds is 3. The van der Waals surface area contributed by atoms with Gasteiger partial charge in [-0.1, -0.05) is 24.3 Å². The minimum Gasteiger partial charge on any atom is -0.345 e. The van der Waals surface area contributed by atoms with E-state index >= 15 is 0 Å². The van der Waals surface area contributed by atoms with Crippen LogP contribution in [-0.2, 0) is 27.6 Å². The minimum absolute atomic E-state index is 0.0472. The molecule has 2 aliphatic rings. The van der Waals surface area contributed by atoms with Gasteiger partial charge in [0.1, 0.15) is 6.54 Å². The highest BCUT2D eigenvalue weighted by Gasteiger charge is 2.40. The molecule has 22 heavy (non-hydrogen) atoms. The third-order valence-electron chi connectivity index (χ3n) is 4.66. The van der Waals surface area contributed by atoms with E-state index in [1.165, 1.54) is 16.0 Å². The van der Waals surface area contributed by atoms with Gasteiger partial charge >= 0.3 is 0 Å². The third kappa shape index (κ3) is 3.50. The van der Waals surface area contributed by atoms with E-state index in [1.54, 1.807) is 0 Å². The summed E-state index contributed by atoms with van der Waals surface area (Å²) in [7, 11) is -2.99. The number of hydrogen-bond acceptors (Lipinski definition) is 3. The first-order valence-electron chi connectivity index (χ1n) is 7.77. The largest absolute Gasteiger partial charge is 0.345 e. The molecule has 0 radical (unpaired) electrons. The Kier molecular flexibility index (Phi) is 3.99. The molecular formula is C16H23N2O3S+. The molecule has 0 spiro atoms. The fourth-order valence-corrected chi connectivity index (χ4v) is 5.60. The lowest BCUT2D eigenvalue weighted by Crippen LogP contribution is -3.13. The molecule has 2 atom stereocenters. The molecule has 0 bridgehead atoms. The molecule has 1 aromatic rings. The van der Waals surface area contributed by atoms with Gasteiger partial charge < -0.3 is 10.2 Å². The van der Waals surface area contributed by atoms with Gasteiger partial charge in [0.25, 0.3) is 5.91 Å². The SMILES string of the molecule is C[C@@]1(NC(=O)C[NH+]2CCc3ccccc3C2)CCS(=O)(=O)C1. The Balaban J connectivity index is 1.57.